The number of anilines is 2. The van der Waals surface area contributed by atoms with Gasteiger partial charge in [0.2, 0.25) is 0 Å². The van der Waals surface area contributed by atoms with Gasteiger partial charge in [-0.25, -0.2) is 0 Å². The van der Waals surface area contributed by atoms with Crippen molar-refractivity contribution < 1.29 is 5.11 Å². The normalized spacial score (nSPS) is 23.7. The Hall–Kier alpha value is -1.22. The number of benzene rings is 1. The highest BCUT2D eigenvalue weighted by Gasteiger charge is 2.39. The molecule has 0 aliphatic carbocycles. The van der Waals surface area contributed by atoms with E-state index in [1.807, 2.05) is 24.3 Å². The average Bonchev–Trinajstić information content (AvgIpc) is 2.54. The Morgan fingerprint density at radius 3 is 2.69 bits per heavy atom. The van der Waals surface area contributed by atoms with Crippen molar-refractivity contribution in [1.82, 2.24) is 0 Å². The Bertz CT molecular complexity index is 376. The highest BCUT2D eigenvalue weighted by Crippen LogP contribution is 2.38. The Balaban J connectivity index is 2.23. The molecule has 1 aliphatic rings. The number of rotatable bonds is 2. The van der Waals surface area contributed by atoms with Crippen LogP contribution in [0.25, 0.3) is 0 Å². The lowest BCUT2D eigenvalue weighted by Gasteiger charge is -2.24. The molecule has 0 aromatic heterocycles. The molecule has 0 unspecified atom stereocenters. The molecule has 3 heteroatoms. The first-order valence-corrected chi connectivity index (χ1v) is 5.75. The van der Waals surface area contributed by atoms with E-state index in [2.05, 4.69) is 18.7 Å². The second-order valence-electron chi connectivity index (χ2n) is 5.31. The smallest absolute Gasteiger partial charge is 0.0600 e. The van der Waals surface area contributed by atoms with E-state index in [1.54, 1.807) is 0 Å². The first kappa shape index (κ1) is 11.3. The first-order chi connectivity index (χ1) is 7.54. The van der Waals surface area contributed by atoms with Gasteiger partial charge in [0.1, 0.15) is 0 Å². The number of hydrogen-bond acceptors (Lipinski definition) is 3. The second-order valence-corrected chi connectivity index (χ2v) is 5.31. The van der Waals surface area contributed by atoms with Crippen LogP contribution in [-0.4, -0.2) is 24.8 Å². The molecule has 3 N–H and O–H groups in total. The minimum atomic E-state index is 0.150. The van der Waals surface area contributed by atoms with Crippen LogP contribution in [0, 0.1) is 11.3 Å². The van der Waals surface area contributed by atoms with Gasteiger partial charge in [-0.3, -0.25) is 0 Å². The molecular formula is C13H20N2O. The molecule has 0 spiro atoms. The molecule has 3 nitrogen and oxygen atoms in total. The summed E-state index contributed by atoms with van der Waals surface area (Å²) in [7, 11) is 0. The van der Waals surface area contributed by atoms with Crippen molar-refractivity contribution in [3.05, 3.63) is 24.3 Å². The zero-order valence-electron chi connectivity index (χ0n) is 9.98. The van der Waals surface area contributed by atoms with Crippen LogP contribution in [0.4, 0.5) is 11.4 Å². The van der Waals surface area contributed by atoms with E-state index in [0.29, 0.717) is 5.92 Å². The molecule has 0 saturated carbocycles. The zero-order chi connectivity index (χ0) is 11.8. The maximum atomic E-state index is 9.38. The molecule has 0 amide bonds. The molecule has 1 atom stereocenters. The lowest BCUT2D eigenvalue weighted by molar-refractivity contribution is 0.161. The highest BCUT2D eigenvalue weighted by molar-refractivity contribution is 5.67. The van der Waals surface area contributed by atoms with E-state index < -0.39 is 0 Å². The number of nitrogens with two attached hydrogens (primary N) is 1. The van der Waals surface area contributed by atoms with Crippen molar-refractivity contribution in [3.63, 3.8) is 0 Å². The third kappa shape index (κ3) is 1.87. The summed E-state index contributed by atoms with van der Waals surface area (Å²) in [5.74, 6) is 0.326. The summed E-state index contributed by atoms with van der Waals surface area (Å²) >= 11 is 0. The topological polar surface area (TPSA) is 49.5 Å². The van der Waals surface area contributed by atoms with E-state index in [9.17, 15) is 5.11 Å². The van der Waals surface area contributed by atoms with Crippen LogP contribution in [-0.2, 0) is 0 Å². The van der Waals surface area contributed by atoms with Crippen molar-refractivity contribution in [3.8, 4) is 0 Å². The fraction of sp³-hybridized carbons (Fsp3) is 0.538. The summed E-state index contributed by atoms with van der Waals surface area (Å²) < 4.78 is 0. The summed E-state index contributed by atoms with van der Waals surface area (Å²) in [6.45, 7) is 6.49. The Labute approximate surface area is 96.9 Å². The monoisotopic (exact) mass is 220 g/mol. The molecule has 1 aromatic rings. The minimum Gasteiger partial charge on any atom is -0.397 e. The maximum Gasteiger partial charge on any atom is 0.0600 e. The summed E-state index contributed by atoms with van der Waals surface area (Å²) in [6.07, 6.45) is 0. The quantitative estimate of drug-likeness (QED) is 0.746. The predicted octanol–water partition coefficient (Wildman–Crippen LogP) is 1.72. The fourth-order valence-electron chi connectivity index (χ4n) is 2.46. The zero-order valence-corrected chi connectivity index (χ0v) is 9.98. The number of aliphatic hydroxyl groups excluding tert-OH is 1. The van der Waals surface area contributed by atoms with Crippen LogP contribution in [0.15, 0.2) is 24.3 Å². The van der Waals surface area contributed by atoms with Crippen LogP contribution in [0.2, 0.25) is 0 Å². The lowest BCUT2D eigenvalue weighted by Crippen LogP contribution is -2.25. The lowest BCUT2D eigenvalue weighted by atomic mass is 9.83. The van der Waals surface area contributed by atoms with E-state index in [1.165, 1.54) is 0 Å². The molecule has 16 heavy (non-hydrogen) atoms. The van der Waals surface area contributed by atoms with Crippen LogP contribution in [0.1, 0.15) is 13.8 Å². The van der Waals surface area contributed by atoms with Gasteiger partial charge in [0, 0.05) is 25.6 Å². The average molecular weight is 220 g/mol. The molecule has 0 radical (unpaired) electrons. The fourth-order valence-corrected chi connectivity index (χ4v) is 2.46. The van der Waals surface area contributed by atoms with Crippen molar-refractivity contribution >= 4 is 11.4 Å². The number of nitrogens with zero attached hydrogens (tertiary/aromatic N) is 1. The Morgan fingerprint density at radius 2 is 2.12 bits per heavy atom. The van der Waals surface area contributed by atoms with Gasteiger partial charge in [0.15, 0.2) is 0 Å². The van der Waals surface area contributed by atoms with E-state index in [4.69, 9.17) is 5.73 Å². The van der Waals surface area contributed by atoms with Gasteiger partial charge in [0.05, 0.1) is 11.4 Å². The third-order valence-electron chi connectivity index (χ3n) is 3.64. The Morgan fingerprint density at radius 1 is 1.44 bits per heavy atom. The van der Waals surface area contributed by atoms with Crippen molar-refractivity contribution in [2.75, 3.05) is 30.3 Å². The molecule has 1 saturated heterocycles. The third-order valence-corrected chi connectivity index (χ3v) is 3.64. The summed E-state index contributed by atoms with van der Waals surface area (Å²) in [5, 5.41) is 9.38. The number of para-hydroxylation sites is 2. The SMILES string of the molecule is CC1(C)CN(c2ccccc2N)C[C@@H]1CO. The van der Waals surface area contributed by atoms with Crippen LogP contribution < -0.4 is 10.6 Å². The van der Waals surface area contributed by atoms with E-state index in [0.717, 1.165) is 24.5 Å². The summed E-state index contributed by atoms with van der Waals surface area (Å²) in [6, 6.07) is 7.92. The largest absolute Gasteiger partial charge is 0.397 e. The highest BCUT2D eigenvalue weighted by atomic mass is 16.3. The number of aliphatic hydroxyl groups is 1. The van der Waals surface area contributed by atoms with E-state index in [-0.39, 0.29) is 12.0 Å². The van der Waals surface area contributed by atoms with Gasteiger partial charge in [-0.15, -0.1) is 0 Å². The second kappa shape index (κ2) is 3.98. The summed E-state index contributed by atoms with van der Waals surface area (Å²) in [5.41, 5.74) is 8.03. The first-order valence-electron chi connectivity index (χ1n) is 5.75. The molecular weight excluding hydrogens is 200 g/mol. The van der Waals surface area contributed by atoms with Crippen LogP contribution in [0.3, 0.4) is 0 Å². The summed E-state index contributed by atoms with van der Waals surface area (Å²) in [4.78, 5) is 2.27. The van der Waals surface area contributed by atoms with Crippen LogP contribution >= 0.6 is 0 Å². The van der Waals surface area contributed by atoms with Gasteiger partial charge in [-0.2, -0.15) is 0 Å². The number of nitrogen functional groups attached to an aromatic ring is 1. The molecule has 0 bridgehead atoms. The molecule has 88 valence electrons. The Kier molecular flexibility index (Phi) is 2.80. The van der Waals surface area contributed by atoms with Gasteiger partial charge in [0.25, 0.3) is 0 Å². The maximum absolute atomic E-state index is 9.38. The molecule has 1 fully saturated rings. The van der Waals surface area contributed by atoms with Crippen molar-refractivity contribution in [2.24, 2.45) is 11.3 Å². The van der Waals surface area contributed by atoms with Gasteiger partial charge in [-0.1, -0.05) is 26.0 Å². The van der Waals surface area contributed by atoms with Crippen molar-refractivity contribution in [2.45, 2.75) is 13.8 Å². The van der Waals surface area contributed by atoms with Crippen molar-refractivity contribution in [1.29, 1.82) is 0 Å². The van der Waals surface area contributed by atoms with Gasteiger partial charge in [-0.05, 0) is 17.5 Å². The minimum absolute atomic E-state index is 0.150. The molecule has 1 heterocycles. The molecule has 1 aromatic carbocycles. The molecule has 2 rings (SSSR count). The van der Waals surface area contributed by atoms with Gasteiger partial charge < -0.3 is 15.7 Å². The standard InChI is InChI=1S/C13H20N2O/c1-13(2)9-15(7-10(13)8-16)12-6-4-3-5-11(12)14/h3-6,10,16H,7-9,14H2,1-2H3/t10-/m1/s1. The van der Waals surface area contributed by atoms with Gasteiger partial charge >= 0.3 is 0 Å². The predicted molar refractivity (Wildman–Crippen MR) is 67.4 cm³/mol. The van der Waals surface area contributed by atoms with E-state index >= 15 is 0 Å². The van der Waals surface area contributed by atoms with Crippen LogP contribution in [0.5, 0.6) is 0 Å². The molecule has 1 aliphatic heterocycles. The number of hydrogen-bond donors (Lipinski definition) is 2.